The summed E-state index contributed by atoms with van der Waals surface area (Å²) in [5.74, 6) is -0.401. The Kier molecular flexibility index (Phi) is 6.38. The first kappa shape index (κ1) is 17.2. The van der Waals surface area contributed by atoms with E-state index in [1.165, 1.54) is 12.7 Å². The summed E-state index contributed by atoms with van der Waals surface area (Å²) in [6.07, 6.45) is 1.61. The Morgan fingerprint density at radius 3 is 2.70 bits per heavy atom. The van der Waals surface area contributed by atoms with E-state index in [0.29, 0.717) is 12.1 Å². The van der Waals surface area contributed by atoms with E-state index in [0.717, 1.165) is 15.6 Å². The molecule has 0 aliphatic carbocycles. The van der Waals surface area contributed by atoms with Crippen molar-refractivity contribution in [2.75, 3.05) is 7.11 Å². The normalized spacial score (nSPS) is 11.2. The Bertz CT molecular complexity index is 714. The fourth-order valence-corrected chi connectivity index (χ4v) is 2.63. The van der Waals surface area contributed by atoms with Crippen molar-refractivity contribution in [3.63, 3.8) is 0 Å². The number of ether oxygens (including phenoxy) is 1. The van der Waals surface area contributed by atoms with Gasteiger partial charge in [0.1, 0.15) is 0 Å². The third kappa shape index (κ3) is 4.94. The van der Waals surface area contributed by atoms with Gasteiger partial charge >= 0.3 is 5.97 Å². The number of nitrogens with one attached hydrogen (secondary N) is 2. The highest BCUT2D eigenvalue weighted by molar-refractivity contribution is 9.10. The minimum absolute atomic E-state index is 0.401. The van der Waals surface area contributed by atoms with Crippen LogP contribution in [0.25, 0.3) is 5.57 Å². The summed E-state index contributed by atoms with van der Waals surface area (Å²) in [5.41, 5.74) is 9.62. The number of methoxy groups -OCH3 is 1. The maximum atomic E-state index is 12.0. The van der Waals surface area contributed by atoms with Crippen molar-refractivity contribution in [2.45, 2.75) is 13.5 Å². The smallest absolute Gasteiger partial charge is 0.340 e. The Morgan fingerprint density at radius 2 is 2.00 bits per heavy atom. The monoisotopic (exact) mass is 374 g/mol. The summed E-state index contributed by atoms with van der Waals surface area (Å²) in [7, 11) is 1.37. The summed E-state index contributed by atoms with van der Waals surface area (Å²) in [6.45, 7) is 2.70. The van der Waals surface area contributed by atoms with Crippen LogP contribution >= 0.6 is 15.9 Å². The van der Waals surface area contributed by atoms with Crippen LogP contribution in [0.5, 0.6) is 0 Å². The van der Waals surface area contributed by atoms with Crippen molar-refractivity contribution in [3.05, 3.63) is 75.9 Å². The van der Waals surface area contributed by atoms with Crippen molar-refractivity contribution in [1.29, 1.82) is 0 Å². The summed E-state index contributed by atoms with van der Waals surface area (Å²) in [6, 6.07) is 15.7. The molecule has 0 saturated carbocycles. The Labute approximate surface area is 144 Å². The summed E-state index contributed by atoms with van der Waals surface area (Å²) in [5, 5.41) is 0. The predicted molar refractivity (Wildman–Crippen MR) is 95.3 cm³/mol. The van der Waals surface area contributed by atoms with E-state index in [9.17, 15) is 4.79 Å². The fraction of sp³-hybridized carbons (Fsp3) is 0.167. The van der Waals surface area contributed by atoms with Crippen LogP contribution in [0.2, 0.25) is 0 Å². The van der Waals surface area contributed by atoms with E-state index in [-0.39, 0.29) is 0 Å². The molecule has 0 bridgehead atoms. The molecule has 120 valence electrons. The van der Waals surface area contributed by atoms with E-state index in [1.807, 2.05) is 36.4 Å². The SMILES string of the molecule is COC(=O)/C(=C/NNCc1cccc(C)c1)c1ccccc1Br. The van der Waals surface area contributed by atoms with Crippen molar-refractivity contribution < 1.29 is 9.53 Å². The van der Waals surface area contributed by atoms with Gasteiger partial charge in [-0.1, -0.05) is 64.0 Å². The van der Waals surface area contributed by atoms with Gasteiger partial charge in [-0.05, 0) is 18.6 Å². The second-order valence-corrected chi connectivity index (χ2v) is 5.87. The van der Waals surface area contributed by atoms with E-state index < -0.39 is 5.97 Å². The molecule has 2 rings (SSSR count). The number of hydrogen-bond donors (Lipinski definition) is 2. The van der Waals surface area contributed by atoms with Crippen molar-refractivity contribution in [2.24, 2.45) is 0 Å². The molecule has 2 N–H and O–H groups in total. The number of aryl methyl sites for hydroxylation is 1. The molecule has 0 amide bonds. The van der Waals surface area contributed by atoms with Gasteiger partial charge < -0.3 is 10.2 Å². The third-order valence-electron chi connectivity index (χ3n) is 3.26. The topological polar surface area (TPSA) is 50.4 Å². The largest absolute Gasteiger partial charge is 0.465 e. The maximum Gasteiger partial charge on any atom is 0.340 e. The molecule has 2 aromatic carbocycles. The number of halogens is 1. The second kappa shape index (κ2) is 8.50. The van der Waals surface area contributed by atoms with Crippen molar-refractivity contribution in [1.82, 2.24) is 10.9 Å². The summed E-state index contributed by atoms with van der Waals surface area (Å²) in [4.78, 5) is 12.0. The number of carbonyl (C=O) groups is 1. The zero-order chi connectivity index (χ0) is 16.7. The lowest BCUT2D eigenvalue weighted by atomic mass is 10.1. The molecule has 0 radical (unpaired) electrons. The van der Waals surface area contributed by atoms with E-state index >= 15 is 0 Å². The lowest BCUT2D eigenvalue weighted by Gasteiger charge is -2.10. The van der Waals surface area contributed by atoms with Crippen LogP contribution < -0.4 is 10.9 Å². The molecule has 0 aliphatic rings. The van der Waals surface area contributed by atoms with E-state index in [2.05, 4.69) is 45.8 Å². The zero-order valence-electron chi connectivity index (χ0n) is 13.1. The van der Waals surface area contributed by atoms with Crippen molar-refractivity contribution >= 4 is 27.5 Å². The highest BCUT2D eigenvalue weighted by Crippen LogP contribution is 2.24. The van der Waals surface area contributed by atoms with Crippen LogP contribution in [-0.2, 0) is 16.1 Å². The van der Waals surface area contributed by atoms with Crippen LogP contribution in [0.15, 0.2) is 59.2 Å². The van der Waals surface area contributed by atoms with Gasteiger partial charge in [-0.2, -0.15) is 0 Å². The van der Waals surface area contributed by atoms with Gasteiger partial charge in [0.2, 0.25) is 0 Å². The van der Waals surface area contributed by atoms with Gasteiger partial charge in [-0.3, -0.25) is 0 Å². The molecular formula is C18H19BrN2O2. The lowest BCUT2D eigenvalue weighted by Crippen LogP contribution is -2.27. The fourth-order valence-electron chi connectivity index (χ4n) is 2.13. The quantitative estimate of drug-likeness (QED) is 0.351. The molecule has 23 heavy (non-hydrogen) atoms. The minimum atomic E-state index is -0.401. The van der Waals surface area contributed by atoms with E-state index in [4.69, 9.17) is 4.74 Å². The molecule has 0 heterocycles. The molecular weight excluding hydrogens is 356 g/mol. The third-order valence-corrected chi connectivity index (χ3v) is 3.95. The predicted octanol–water partition coefficient (Wildman–Crippen LogP) is 3.57. The molecule has 0 unspecified atom stereocenters. The molecule has 4 nitrogen and oxygen atoms in total. The first-order chi connectivity index (χ1) is 11.1. The molecule has 0 spiro atoms. The standard InChI is InChI=1S/C18H19BrN2O2/c1-13-6-5-7-14(10-13)11-20-21-12-16(18(22)23-2)15-8-3-4-9-17(15)19/h3-10,12,20-21H,11H2,1-2H3/b16-12+. The molecule has 0 aromatic heterocycles. The van der Waals surface area contributed by atoms with Crippen LogP contribution in [0.4, 0.5) is 0 Å². The van der Waals surface area contributed by atoms with Crippen LogP contribution in [-0.4, -0.2) is 13.1 Å². The summed E-state index contributed by atoms with van der Waals surface area (Å²) >= 11 is 3.45. The first-order valence-electron chi connectivity index (χ1n) is 7.19. The minimum Gasteiger partial charge on any atom is -0.465 e. The number of carbonyl (C=O) groups excluding carboxylic acids is 1. The van der Waals surface area contributed by atoms with Crippen molar-refractivity contribution in [3.8, 4) is 0 Å². The Balaban J connectivity index is 2.07. The Morgan fingerprint density at radius 1 is 1.22 bits per heavy atom. The number of rotatable bonds is 6. The summed E-state index contributed by atoms with van der Waals surface area (Å²) < 4.78 is 5.69. The Hall–Kier alpha value is -2.11. The van der Waals surface area contributed by atoms with Gasteiger partial charge in [0, 0.05) is 22.8 Å². The molecule has 2 aromatic rings. The lowest BCUT2D eigenvalue weighted by molar-refractivity contribution is -0.133. The second-order valence-electron chi connectivity index (χ2n) is 5.02. The van der Waals surface area contributed by atoms with Crippen LogP contribution in [0, 0.1) is 6.92 Å². The number of hydrazine groups is 1. The molecule has 0 atom stereocenters. The van der Waals surface area contributed by atoms with Gasteiger partial charge in [0.15, 0.2) is 0 Å². The van der Waals surface area contributed by atoms with Gasteiger partial charge in [0.25, 0.3) is 0 Å². The van der Waals surface area contributed by atoms with Gasteiger partial charge in [0.05, 0.1) is 12.7 Å². The van der Waals surface area contributed by atoms with Gasteiger partial charge in [-0.15, -0.1) is 0 Å². The molecule has 0 aliphatic heterocycles. The number of esters is 1. The van der Waals surface area contributed by atoms with Crippen LogP contribution in [0.3, 0.4) is 0 Å². The highest BCUT2D eigenvalue weighted by Gasteiger charge is 2.14. The van der Waals surface area contributed by atoms with E-state index in [1.54, 1.807) is 6.20 Å². The number of benzene rings is 2. The van der Waals surface area contributed by atoms with Crippen LogP contribution in [0.1, 0.15) is 16.7 Å². The molecule has 5 heteroatoms. The first-order valence-corrected chi connectivity index (χ1v) is 7.98. The number of hydrogen-bond acceptors (Lipinski definition) is 4. The average molecular weight is 375 g/mol. The molecule has 0 fully saturated rings. The molecule has 0 saturated heterocycles. The average Bonchev–Trinajstić information content (AvgIpc) is 2.55. The zero-order valence-corrected chi connectivity index (χ0v) is 14.7. The van der Waals surface area contributed by atoms with Gasteiger partial charge in [-0.25, -0.2) is 10.2 Å². The highest BCUT2D eigenvalue weighted by atomic mass is 79.9. The maximum absolute atomic E-state index is 12.0.